The summed E-state index contributed by atoms with van der Waals surface area (Å²) in [4.78, 5) is 25.2. The molecule has 0 aliphatic heterocycles. The van der Waals surface area contributed by atoms with Crippen LogP contribution in [0.3, 0.4) is 0 Å². The second-order valence-electron chi connectivity index (χ2n) is 5.18. The number of hydrogen-bond donors (Lipinski definition) is 0. The molecule has 0 amide bonds. The normalized spacial score (nSPS) is 12.7. The molecule has 0 saturated carbocycles. The Bertz CT molecular complexity index is 783. The zero-order valence-electron chi connectivity index (χ0n) is 13.2. The van der Waals surface area contributed by atoms with Crippen LogP contribution in [-0.2, 0) is 14.9 Å². The standard InChI is InChI=1S/C19H16ClNO3/c1-2-24-18(23)19(13-21,14-8-4-3-5-9-14)12-17(22)15-10-6-7-11-16(15)20/h3-11H,2,12H2,1H3. The predicted molar refractivity (Wildman–Crippen MR) is 90.8 cm³/mol. The van der Waals surface area contributed by atoms with Gasteiger partial charge in [-0.15, -0.1) is 0 Å². The average Bonchev–Trinajstić information content (AvgIpc) is 2.61. The zero-order valence-corrected chi connectivity index (χ0v) is 13.9. The summed E-state index contributed by atoms with van der Waals surface area (Å²) in [6, 6.07) is 17.0. The number of halogens is 1. The SMILES string of the molecule is CCOC(=O)C(C#N)(CC(=O)c1ccccc1Cl)c1ccccc1. The number of benzene rings is 2. The van der Waals surface area contributed by atoms with Gasteiger partial charge in [0.2, 0.25) is 0 Å². The Morgan fingerprint density at radius 1 is 1.12 bits per heavy atom. The van der Waals surface area contributed by atoms with E-state index in [-0.39, 0.29) is 29.4 Å². The van der Waals surface area contributed by atoms with E-state index >= 15 is 0 Å². The molecule has 0 N–H and O–H groups in total. The van der Waals surface area contributed by atoms with Crippen LogP contribution in [0, 0.1) is 11.3 Å². The predicted octanol–water partition coefficient (Wildman–Crippen LogP) is 3.94. The van der Waals surface area contributed by atoms with Gasteiger partial charge < -0.3 is 4.74 Å². The number of ketones is 1. The molecular formula is C19H16ClNO3. The first-order valence-corrected chi connectivity index (χ1v) is 7.84. The van der Waals surface area contributed by atoms with E-state index in [2.05, 4.69) is 0 Å². The van der Waals surface area contributed by atoms with Crippen LogP contribution in [0.1, 0.15) is 29.3 Å². The lowest BCUT2D eigenvalue weighted by atomic mass is 9.76. The number of rotatable bonds is 6. The molecule has 0 heterocycles. The minimum Gasteiger partial charge on any atom is -0.465 e. The zero-order chi connectivity index (χ0) is 17.6. The number of nitriles is 1. The van der Waals surface area contributed by atoms with Gasteiger partial charge in [0.1, 0.15) is 0 Å². The molecule has 0 spiro atoms. The lowest BCUT2D eigenvalue weighted by molar-refractivity contribution is -0.147. The molecule has 1 atom stereocenters. The number of hydrogen-bond acceptors (Lipinski definition) is 4. The third-order valence-corrected chi connectivity index (χ3v) is 4.01. The van der Waals surface area contributed by atoms with E-state index in [0.29, 0.717) is 5.56 Å². The van der Waals surface area contributed by atoms with Crippen molar-refractivity contribution >= 4 is 23.4 Å². The molecule has 4 nitrogen and oxygen atoms in total. The lowest BCUT2D eigenvalue weighted by Gasteiger charge is -2.24. The monoisotopic (exact) mass is 341 g/mol. The first kappa shape index (κ1) is 17.7. The van der Waals surface area contributed by atoms with Gasteiger partial charge in [-0.25, -0.2) is 4.79 Å². The molecule has 2 aromatic carbocycles. The largest absolute Gasteiger partial charge is 0.465 e. The molecule has 0 fully saturated rings. The van der Waals surface area contributed by atoms with Crippen molar-refractivity contribution in [3.8, 4) is 6.07 Å². The summed E-state index contributed by atoms with van der Waals surface area (Å²) >= 11 is 6.06. The molecule has 122 valence electrons. The third kappa shape index (κ3) is 3.47. The molecule has 2 rings (SSSR count). The molecule has 0 bridgehead atoms. The maximum absolute atomic E-state index is 12.7. The first-order valence-electron chi connectivity index (χ1n) is 7.47. The van der Waals surface area contributed by atoms with Gasteiger partial charge in [0.15, 0.2) is 11.2 Å². The van der Waals surface area contributed by atoms with Crippen molar-refractivity contribution in [2.45, 2.75) is 18.8 Å². The van der Waals surface area contributed by atoms with Gasteiger partial charge >= 0.3 is 5.97 Å². The van der Waals surface area contributed by atoms with Crippen molar-refractivity contribution < 1.29 is 14.3 Å². The Morgan fingerprint density at radius 3 is 2.33 bits per heavy atom. The highest BCUT2D eigenvalue weighted by atomic mass is 35.5. The fourth-order valence-corrected chi connectivity index (χ4v) is 2.68. The van der Waals surface area contributed by atoms with E-state index in [9.17, 15) is 14.9 Å². The van der Waals surface area contributed by atoms with E-state index in [1.807, 2.05) is 6.07 Å². The summed E-state index contributed by atoms with van der Waals surface area (Å²) in [6.45, 7) is 1.77. The van der Waals surface area contributed by atoms with Crippen LogP contribution in [0.25, 0.3) is 0 Å². The molecule has 1 unspecified atom stereocenters. The number of carbonyl (C=O) groups is 2. The van der Waals surface area contributed by atoms with E-state index in [1.165, 1.54) is 0 Å². The third-order valence-electron chi connectivity index (χ3n) is 3.68. The summed E-state index contributed by atoms with van der Waals surface area (Å²) in [5.74, 6) is -1.13. The summed E-state index contributed by atoms with van der Waals surface area (Å²) in [5.41, 5.74) is -1.00. The average molecular weight is 342 g/mol. The maximum atomic E-state index is 12.7. The van der Waals surface area contributed by atoms with E-state index < -0.39 is 11.4 Å². The first-order chi connectivity index (χ1) is 11.5. The highest BCUT2D eigenvalue weighted by Gasteiger charge is 2.44. The second-order valence-corrected chi connectivity index (χ2v) is 5.59. The highest BCUT2D eigenvalue weighted by molar-refractivity contribution is 6.34. The molecule has 0 aliphatic carbocycles. The Balaban J connectivity index is 2.47. The maximum Gasteiger partial charge on any atom is 0.331 e. The van der Waals surface area contributed by atoms with Crippen molar-refractivity contribution in [2.24, 2.45) is 0 Å². The Hall–Kier alpha value is -2.64. The number of ether oxygens (including phenoxy) is 1. The highest BCUT2D eigenvalue weighted by Crippen LogP contribution is 2.32. The fourth-order valence-electron chi connectivity index (χ4n) is 2.44. The molecular weight excluding hydrogens is 326 g/mol. The van der Waals surface area contributed by atoms with Gasteiger partial charge in [0, 0.05) is 12.0 Å². The van der Waals surface area contributed by atoms with Crippen LogP contribution >= 0.6 is 11.6 Å². The van der Waals surface area contributed by atoms with Crippen molar-refractivity contribution in [2.75, 3.05) is 6.61 Å². The molecule has 24 heavy (non-hydrogen) atoms. The summed E-state index contributed by atoms with van der Waals surface area (Å²) in [6.07, 6.45) is -0.337. The number of carbonyl (C=O) groups excluding carboxylic acids is 2. The van der Waals surface area contributed by atoms with Crippen molar-refractivity contribution in [1.29, 1.82) is 5.26 Å². The Kier molecular flexibility index (Phi) is 5.73. The van der Waals surface area contributed by atoms with Gasteiger partial charge in [-0.3, -0.25) is 4.79 Å². The van der Waals surface area contributed by atoms with Gasteiger partial charge in [-0.1, -0.05) is 54.1 Å². The molecule has 0 aliphatic rings. The minimum atomic E-state index is -1.70. The number of Topliss-reactive ketones (excluding diaryl/α,β-unsaturated/α-hetero) is 1. The van der Waals surface area contributed by atoms with Crippen LogP contribution in [0.2, 0.25) is 5.02 Å². The van der Waals surface area contributed by atoms with Gasteiger partial charge in [0.05, 0.1) is 17.7 Å². The van der Waals surface area contributed by atoms with Gasteiger partial charge in [-0.05, 0) is 24.6 Å². The Labute approximate surface area is 145 Å². The number of esters is 1. The molecule has 0 radical (unpaired) electrons. The second kappa shape index (κ2) is 7.76. The van der Waals surface area contributed by atoms with Gasteiger partial charge in [-0.2, -0.15) is 5.26 Å². The van der Waals surface area contributed by atoms with Crippen LogP contribution in [0.15, 0.2) is 54.6 Å². The van der Waals surface area contributed by atoms with Crippen molar-refractivity contribution in [3.05, 3.63) is 70.7 Å². The Morgan fingerprint density at radius 2 is 1.75 bits per heavy atom. The quantitative estimate of drug-likeness (QED) is 0.589. The van der Waals surface area contributed by atoms with Crippen LogP contribution in [0.4, 0.5) is 0 Å². The lowest BCUT2D eigenvalue weighted by Crippen LogP contribution is -2.38. The van der Waals surface area contributed by atoms with E-state index in [1.54, 1.807) is 61.5 Å². The van der Waals surface area contributed by atoms with Crippen LogP contribution in [0.5, 0.6) is 0 Å². The van der Waals surface area contributed by atoms with Crippen LogP contribution in [-0.4, -0.2) is 18.4 Å². The molecule has 0 aromatic heterocycles. The van der Waals surface area contributed by atoms with E-state index in [4.69, 9.17) is 16.3 Å². The summed E-state index contributed by atoms with van der Waals surface area (Å²) < 4.78 is 5.07. The fraction of sp³-hybridized carbons (Fsp3) is 0.211. The van der Waals surface area contributed by atoms with Gasteiger partial charge in [0.25, 0.3) is 0 Å². The molecule has 0 saturated heterocycles. The summed E-state index contributed by atoms with van der Waals surface area (Å²) in [5, 5.41) is 10.0. The minimum absolute atomic E-state index is 0.120. The smallest absolute Gasteiger partial charge is 0.331 e. The number of nitrogens with zero attached hydrogens (tertiary/aromatic N) is 1. The van der Waals surface area contributed by atoms with Crippen molar-refractivity contribution in [1.82, 2.24) is 0 Å². The van der Waals surface area contributed by atoms with E-state index in [0.717, 1.165) is 0 Å². The topological polar surface area (TPSA) is 67.2 Å². The summed E-state index contributed by atoms with van der Waals surface area (Å²) in [7, 11) is 0. The van der Waals surface area contributed by atoms with Crippen LogP contribution < -0.4 is 0 Å². The molecule has 2 aromatic rings. The van der Waals surface area contributed by atoms with Crippen molar-refractivity contribution in [3.63, 3.8) is 0 Å². The molecule has 5 heteroatoms.